The van der Waals surface area contributed by atoms with Gasteiger partial charge in [0.2, 0.25) is 0 Å². The first kappa shape index (κ1) is 21.7. The lowest BCUT2D eigenvalue weighted by Crippen LogP contribution is -3.00. The van der Waals surface area contributed by atoms with Crippen LogP contribution in [0, 0.1) is 17.8 Å². The first-order valence-electron chi connectivity index (χ1n) is 11.6. The molecule has 4 saturated heterocycles. The molecule has 10 unspecified atom stereocenters. The van der Waals surface area contributed by atoms with Gasteiger partial charge in [0.05, 0.1) is 30.2 Å². The Morgan fingerprint density at radius 1 is 1.26 bits per heavy atom. The number of benzene rings is 1. The number of esters is 1. The van der Waals surface area contributed by atoms with Gasteiger partial charge in [-0.1, -0.05) is 25.1 Å². The molecular weight excluding hydrogens is 460 g/mol. The Bertz CT molecular complexity index is 913. The fourth-order valence-electron chi connectivity index (χ4n) is 9.13. The van der Waals surface area contributed by atoms with E-state index in [1.807, 2.05) is 6.92 Å². The molecule has 1 spiro atoms. The van der Waals surface area contributed by atoms with Gasteiger partial charge < -0.3 is 36.8 Å². The first-order chi connectivity index (χ1) is 14.4. The second kappa shape index (κ2) is 6.92. The van der Waals surface area contributed by atoms with E-state index in [9.17, 15) is 15.0 Å². The standard InChI is InChI=1S/C24H33N2O4.BrH/c1-4-13-14-10-17-21-24(15-8-6-7-9-16(15)25(21)3)11-18(20(14)22(24)28)26(17,23(13)29)12-19(27)30-5-2;/h6-9,13-14,17-18,20-23,28-29H,4-5,10-12H2,1-3H3;1H/q+1;/p-1. The van der Waals surface area contributed by atoms with Gasteiger partial charge in [-0.3, -0.25) is 4.48 Å². The van der Waals surface area contributed by atoms with Gasteiger partial charge >= 0.3 is 5.97 Å². The van der Waals surface area contributed by atoms with E-state index in [-0.39, 0.29) is 64.9 Å². The minimum absolute atomic E-state index is 0. The lowest BCUT2D eigenvalue weighted by Gasteiger charge is -2.67. The molecule has 31 heavy (non-hydrogen) atoms. The maximum Gasteiger partial charge on any atom is 0.361 e. The quantitative estimate of drug-likeness (QED) is 0.401. The van der Waals surface area contributed by atoms with E-state index < -0.39 is 12.3 Å². The fraction of sp³-hybridized carbons (Fsp3) is 0.708. The van der Waals surface area contributed by atoms with Gasteiger partial charge in [0.1, 0.15) is 6.04 Å². The third-order valence-corrected chi connectivity index (χ3v) is 9.83. The van der Waals surface area contributed by atoms with Gasteiger partial charge in [0, 0.05) is 37.4 Å². The lowest BCUT2D eigenvalue weighted by atomic mass is 9.60. The van der Waals surface area contributed by atoms with E-state index >= 15 is 0 Å². The number of nitrogens with zero attached hydrogens (tertiary/aromatic N) is 2. The van der Waals surface area contributed by atoms with E-state index in [1.54, 1.807) is 0 Å². The van der Waals surface area contributed by atoms with E-state index in [0.29, 0.717) is 17.0 Å². The number of carbonyl (C=O) groups is 1. The molecule has 1 saturated carbocycles. The highest BCUT2D eigenvalue weighted by molar-refractivity contribution is 5.71. The van der Waals surface area contributed by atoms with E-state index in [0.717, 1.165) is 19.3 Å². The maximum atomic E-state index is 12.8. The Morgan fingerprint density at radius 2 is 2.00 bits per heavy atom. The van der Waals surface area contributed by atoms with Crippen LogP contribution < -0.4 is 21.9 Å². The summed E-state index contributed by atoms with van der Waals surface area (Å²) in [5.74, 6) is 0.361. The van der Waals surface area contributed by atoms with Crippen LogP contribution in [0.2, 0.25) is 0 Å². The minimum atomic E-state index is -0.565. The molecule has 1 aliphatic carbocycles. The highest BCUT2D eigenvalue weighted by Gasteiger charge is 2.83. The monoisotopic (exact) mass is 492 g/mol. The number of likely N-dealkylation sites (N-methyl/N-ethyl adjacent to an activating group) is 1. The van der Waals surface area contributed by atoms with Gasteiger partial charge in [-0.2, -0.15) is 0 Å². The zero-order chi connectivity index (χ0) is 21.0. The van der Waals surface area contributed by atoms with Crippen LogP contribution in [0.25, 0.3) is 0 Å². The Morgan fingerprint density at radius 3 is 2.71 bits per heavy atom. The SMILES string of the molecule is CCOC(=O)C[N+]12C(O)C(CC)C3CC1C1N(C)c4ccccc4C14CC2C3C4O.[Br-]. The molecule has 5 aliphatic heterocycles. The van der Waals surface area contributed by atoms with Crippen molar-refractivity contribution in [2.45, 2.75) is 69.0 Å². The van der Waals surface area contributed by atoms with Crippen molar-refractivity contribution in [1.29, 1.82) is 0 Å². The van der Waals surface area contributed by atoms with Crippen LogP contribution in [0.4, 0.5) is 5.69 Å². The molecule has 0 aromatic heterocycles. The Hall–Kier alpha value is -1.15. The number of fused-ring (bicyclic) bond motifs is 2. The zero-order valence-corrected chi connectivity index (χ0v) is 20.0. The summed E-state index contributed by atoms with van der Waals surface area (Å²) in [6, 6.07) is 8.84. The number of rotatable bonds is 4. The first-order valence-corrected chi connectivity index (χ1v) is 11.6. The van der Waals surface area contributed by atoms with Crippen molar-refractivity contribution in [1.82, 2.24) is 0 Å². The number of halogens is 1. The maximum absolute atomic E-state index is 12.8. The summed E-state index contributed by atoms with van der Waals surface area (Å²) in [6.07, 6.45) is 1.69. The van der Waals surface area contributed by atoms with Crippen LogP contribution in [-0.4, -0.2) is 71.3 Å². The van der Waals surface area contributed by atoms with Gasteiger partial charge in [-0.25, -0.2) is 4.79 Å². The van der Waals surface area contributed by atoms with Crippen molar-refractivity contribution in [3.05, 3.63) is 29.8 Å². The summed E-state index contributed by atoms with van der Waals surface area (Å²) >= 11 is 0. The van der Waals surface area contributed by atoms with Crippen LogP contribution in [0.5, 0.6) is 0 Å². The molecule has 6 aliphatic rings. The number of quaternary nitrogens is 1. The van der Waals surface area contributed by atoms with Gasteiger partial charge in [-0.15, -0.1) is 0 Å². The normalized spacial score (nSPS) is 47.7. The van der Waals surface area contributed by atoms with Gasteiger partial charge in [-0.05, 0) is 30.9 Å². The summed E-state index contributed by atoms with van der Waals surface area (Å²) in [7, 11) is 2.14. The van der Waals surface area contributed by atoms with Crippen molar-refractivity contribution in [3.8, 4) is 0 Å². The number of hydrogen-bond donors (Lipinski definition) is 2. The second-order valence-electron chi connectivity index (χ2n) is 10.3. The Balaban J connectivity index is 0.00000204. The number of hydrogen-bond acceptors (Lipinski definition) is 5. The number of anilines is 1. The average molecular weight is 493 g/mol. The average Bonchev–Trinajstić information content (AvgIpc) is 3.11. The smallest absolute Gasteiger partial charge is 0.361 e. The molecule has 6 nitrogen and oxygen atoms in total. The molecular formula is C24H33BrN2O4. The molecule has 0 amide bonds. The number of aliphatic hydroxyl groups excluding tert-OH is 2. The lowest BCUT2D eigenvalue weighted by molar-refractivity contribution is -1.03. The third kappa shape index (κ3) is 2.22. The predicted octanol–water partition coefficient (Wildman–Crippen LogP) is -1.36. The molecule has 10 atom stereocenters. The second-order valence-corrected chi connectivity index (χ2v) is 10.3. The molecule has 0 radical (unpaired) electrons. The van der Waals surface area contributed by atoms with Crippen molar-refractivity contribution in [2.75, 3.05) is 25.1 Å². The summed E-state index contributed by atoms with van der Waals surface area (Å²) in [6.45, 7) is 4.55. The third-order valence-electron chi connectivity index (χ3n) is 9.83. The molecule has 1 aromatic carbocycles. The van der Waals surface area contributed by atoms with E-state index in [1.165, 1.54) is 11.3 Å². The fourth-order valence-corrected chi connectivity index (χ4v) is 9.13. The summed E-state index contributed by atoms with van der Waals surface area (Å²) in [5.41, 5.74) is 2.17. The Labute approximate surface area is 194 Å². The summed E-state index contributed by atoms with van der Waals surface area (Å²) < 4.78 is 5.81. The molecule has 7 heteroatoms. The van der Waals surface area contributed by atoms with Crippen molar-refractivity contribution in [3.63, 3.8) is 0 Å². The predicted molar refractivity (Wildman–Crippen MR) is 112 cm³/mol. The van der Waals surface area contributed by atoms with Crippen LogP contribution in [0.1, 0.15) is 38.7 Å². The van der Waals surface area contributed by atoms with Crippen LogP contribution >= 0.6 is 0 Å². The molecule has 5 bridgehead atoms. The highest BCUT2D eigenvalue weighted by atomic mass is 79.9. The summed E-state index contributed by atoms with van der Waals surface area (Å²) in [5, 5.41) is 23.7. The topological polar surface area (TPSA) is 70.0 Å². The highest BCUT2D eigenvalue weighted by Crippen LogP contribution is 2.71. The van der Waals surface area contributed by atoms with Gasteiger partial charge in [0.15, 0.2) is 12.8 Å². The molecule has 170 valence electrons. The molecule has 7 rings (SSSR count). The zero-order valence-electron chi connectivity index (χ0n) is 18.4. The molecule has 5 fully saturated rings. The van der Waals surface area contributed by atoms with Crippen molar-refractivity contribution >= 4 is 11.7 Å². The minimum Gasteiger partial charge on any atom is -1.00 e. The summed E-state index contributed by atoms with van der Waals surface area (Å²) in [4.78, 5) is 15.2. The molecule has 2 N–H and O–H groups in total. The number of piperidine rings is 4. The van der Waals surface area contributed by atoms with E-state index in [2.05, 4.69) is 43.1 Å². The Kier molecular flexibility index (Phi) is 4.84. The number of carbonyl (C=O) groups excluding carboxylic acids is 1. The number of ether oxygens (including phenoxy) is 1. The molecule has 1 aromatic rings. The largest absolute Gasteiger partial charge is 1.00 e. The van der Waals surface area contributed by atoms with Crippen LogP contribution in [0.3, 0.4) is 0 Å². The van der Waals surface area contributed by atoms with Crippen LogP contribution in [-0.2, 0) is 14.9 Å². The van der Waals surface area contributed by atoms with Gasteiger partial charge in [0.25, 0.3) is 0 Å². The number of para-hydroxylation sites is 1. The number of aliphatic hydroxyl groups is 2. The van der Waals surface area contributed by atoms with Crippen molar-refractivity contribution in [2.24, 2.45) is 17.8 Å². The van der Waals surface area contributed by atoms with Crippen LogP contribution in [0.15, 0.2) is 24.3 Å². The van der Waals surface area contributed by atoms with Crippen molar-refractivity contribution < 1.29 is 41.2 Å². The molecule has 5 heterocycles. The van der Waals surface area contributed by atoms with E-state index in [4.69, 9.17) is 4.74 Å².